The first-order valence-corrected chi connectivity index (χ1v) is 13.2. The van der Waals surface area contributed by atoms with Gasteiger partial charge < -0.3 is 10.5 Å². The third kappa shape index (κ3) is 8.79. The molecule has 0 spiro atoms. The van der Waals surface area contributed by atoms with Gasteiger partial charge in [-0.3, -0.25) is 14.2 Å². The van der Waals surface area contributed by atoms with Gasteiger partial charge in [-0.1, -0.05) is 42.5 Å². The van der Waals surface area contributed by atoms with Gasteiger partial charge in [-0.05, 0) is 61.1 Å². The summed E-state index contributed by atoms with van der Waals surface area (Å²) in [7, 11) is -3.67. The molecule has 0 aliphatic carbocycles. The Bertz CT molecular complexity index is 1220. The lowest BCUT2D eigenvalue weighted by Crippen LogP contribution is -2.33. The smallest absolute Gasteiger partial charge is 0.261 e. The minimum atomic E-state index is -3.67. The highest BCUT2D eigenvalue weighted by atomic mass is 32.2. The van der Waals surface area contributed by atoms with Gasteiger partial charge in [-0.2, -0.15) is 8.42 Å². The largest absolute Gasteiger partial charge is 0.439 e. The highest BCUT2D eigenvalue weighted by molar-refractivity contribution is 7.85. The van der Waals surface area contributed by atoms with E-state index in [1.165, 1.54) is 30.2 Å². The Hall–Kier alpha value is -3.27. The van der Waals surface area contributed by atoms with E-state index in [1.54, 1.807) is 12.1 Å². The Morgan fingerprint density at radius 1 is 1.17 bits per heavy atom. The molecule has 8 nitrogen and oxygen atoms in total. The van der Waals surface area contributed by atoms with E-state index >= 15 is 0 Å². The van der Waals surface area contributed by atoms with Gasteiger partial charge in [0.05, 0.1) is 11.8 Å². The fourth-order valence-corrected chi connectivity index (χ4v) is 4.08. The molecule has 2 aromatic carbocycles. The molecule has 1 aromatic heterocycles. The first kappa shape index (κ1) is 26.3. The number of carbonyl (C=O) groups excluding carboxylic acids is 1. The van der Waals surface area contributed by atoms with Crippen LogP contribution in [-0.2, 0) is 16.7 Å². The monoisotopic (exact) mass is 497 g/mol. The van der Waals surface area contributed by atoms with Crippen LogP contribution in [0, 0.1) is 6.92 Å². The van der Waals surface area contributed by atoms with Crippen LogP contribution in [0.15, 0.2) is 66.9 Å². The fraction of sp³-hybridized carbons (Fsp3) is 0.308. The Morgan fingerprint density at radius 2 is 1.89 bits per heavy atom. The van der Waals surface area contributed by atoms with Crippen LogP contribution in [0.4, 0.5) is 0 Å². The molecule has 9 heteroatoms. The quantitative estimate of drug-likeness (QED) is 0.490. The molecule has 35 heavy (non-hydrogen) atoms. The SMILES string of the molecule is CS(=O)(=O)O.Cc1cc(CN2CCCC(c3ccccc3)C2)ccc1Oc1ccc(C(N)=O)cn1. The van der Waals surface area contributed by atoms with E-state index in [1.807, 2.05) is 13.0 Å². The van der Waals surface area contributed by atoms with Gasteiger partial charge >= 0.3 is 0 Å². The molecule has 1 amide bonds. The Morgan fingerprint density at radius 3 is 2.49 bits per heavy atom. The maximum absolute atomic E-state index is 11.2. The minimum absolute atomic E-state index is 0.366. The standard InChI is InChI=1S/C25H27N3O2.CH4O3S/c1-18-14-19(9-11-23(18)30-24-12-10-21(15-27-24)25(26)29)16-28-13-5-8-22(17-28)20-6-3-2-4-7-20;1-5(2,3)4/h2-4,6-7,9-12,14-15,22H,5,8,13,16-17H2,1H3,(H2,26,29);1H3,(H,2,3,4). The number of piperidine rings is 1. The molecule has 1 unspecified atom stereocenters. The van der Waals surface area contributed by atoms with E-state index in [4.69, 9.17) is 15.0 Å². The molecule has 0 radical (unpaired) electrons. The molecule has 1 aliphatic heterocycles. The number of pyridine rings is 1. The lowest BCUT2D eigenvalue weighted by Gasteiger charge is -2.33. The van der Waals surface area contributed by atoms with Crippen LogP contribution >= 0.6 is 0 Å². The van der Waals surface area contributed by atoms with Gasteiger partial charge in [0.2, 0.25) is 11.8 Å². The summed E-state index contributed by atoms with van der Waals surface area (Å²) < 4.78 is 31.8. The van der Waals surface area contributed by atoms with Crippen molar-refractivity contribution in [3.8, 4) is 11.6 Å². The Labute approximate surface area is 206 Å². The summed E-state index contributed by atoms with van der Waals surface area (Å²) in [4.78, 5) is 17.9. The third-order valence-electron chi connectivity index (χ3n) is 5.66. The molecule has 0 bridgehead atoms. The number of rotatable bonds is 6. The van der Waals surface area contributed by atoms with E-state index in [0.29, 0.717) is 23.6 Å². The first-order valence-electron chi connectivity index (χ1n) is 11.3. The summed E-state index contributed by atoms with van der Waals surface area (Å²) >= 11 is 0. The zero-order valence-electron chi connectivity index (χ0n) is 19.9. The van der Waals surface area contributed by atoms with E-state index in [2.05, 4.69) is 52.3 Å². The van der Waals surface area contributed by atoms with Crippen LogP contribution in [0.25, 0.3) is 0 Å². The zero-order chi connectivity index (χ0) is 25.4. The second-order valence-corrected chi connectivity index (χ2v) is 10.1. The van der Waals surface area contributed by atoms with Crippen molar-refractivity contribution >= 4 is 16.0 Å². The van der Waals surface area contributed by atoms with Crippen LogP contribution in [0.5, 0.6) is 11.6 Å². The molecule has 1 atom stereocenters. The van der Waals surface area contributed by atoms with Crippen molar-refractivity contribution in [2.75, 3.05) is 19.3 Å². The molecular weight excluding hydrogens is 466 g/mol. The molecule has 4 rings (SSSR count). The van der Waals surface area contributed by atoms with Gasteiger partial charge in [0.25, 0.3) is 10.1 Å². The molecule has 1 aliphatic rings. The van der Waals surface area contributed by atoms with Crippen molar-refractivity contribution in [2.24, 2.45) is 5.73 Å². The maximum atomic E-state index is 11.2. The van der Waals surface area contributed by atoms with Crippen LogP contribution in [0.1, 0.15) is 45.8 Å². The number of ether oxygens (including phenoxy) is 1. The Kier molecular flexibility index (Phi) is 8.97. The number of nitrogens with zero attached hydrogens (tertiary/aromatic N) is 2. The highest BCUT2D eigenvalue weighted by Crippen LogP contribution is 2.29. The number of benzene rings is 2. The third-order valence-corrected chi connectivity index (χ3v) is 5.66. The lowest BCUT2D eigenvalue weighted by molar-refractivity contribution is 0.1000. The zero-order valence-corrected chi connectivity index (χ0v) is 20.7. The molecular formula is C26H31N3O5S. The van der Waals surface area contributed by atoms with Gasteiger partial charge in [0, 0.05) is 25.4 Å². The van der Waals surface area contributed by atoms with Crippen LogP contribution in [0.2, 0.25) is 0 Å². The number of hydrogen-bond acceptors (Lipinski definition) is 6. The number of primary amides is 1. The highest BCUT2D eigenvalue weighted by Gasteiger charge is 2.21. The summed E-state index contributed by atoms with van der Waals surface area (Å²) in [6.07, 6.45) is 4.63. The molecule has 1 fully saturated rings. The average Bonchev–Trinajstić information content (AvgIpc) is 2.81. The van der Waals surface area contributed by atoms with Gasteiger partial charge in [-0.25, -0.2) is 4.98 Å². The van der Waals surface area contributed by atoms with E-state index < -0.39 is 16.0 Å². The van der Waals surface area contributed by atoms with Crippen molar-refractivity contribution in [1.82, 2.24) is 9.88 Å². The maximum Gasteiger partial charge on any atom is 0.261 e. The Balaban J connectivity index is 0.000000623. The molecule has 0 saturated carbocycles. The molecule has 1 saturated heterocycles. The lowest BCUT2D eigenvalue weighted by atomic mass is 9.90. The van der Waals surface area contributed by atoms with E-state index in [0.717, 1.165) is 30.9 Å². The van der Waals surface area contributed by atoms with E-state index in [9.17, 15) is 13.2 Å². The average molecular weight is 498 g/mol. The number of nitrogens with two attached hydrogens (primary N) is 1. The van der Waals surface area contributed by atoms with Crippen molar-refractivity contribution in [3.63, 3.8) is 0 Å². The van der Waals surface area contributed by atoms with E-state index in [-0.39, 0.29) is 0 Å². The predicted molar refractivity (Wildman–Crippen MR) is 135 cm³/mol. The first-order chi connectivity index (χ1) is 16.6. The second kappa shape index (κ2) is 11.9. The summed E-state index contributed by atoms with van der Waals surface area (Å²) in [5, 5.41) is 0. The molecule has 3 N–H and O–H groups in total. The number of aryl methyl sites for hydroxylation is 1. The molecule has 3 aromatic rings. The number of amides is 1. The van der Waals surface area contributed by atoms with Crippen molar-refractivity contribution in [1.29, 1.82) is 0 Å². The number of hydrogen-bond donors (Lipinski definition) is 2. The van der Waals surface area contributed by atoms with Gasteiger partial charge in [0.15, 0.2) is 0 Å². The molecule has 2 heterocycles. The van der Waals surface area contributed by atoms with Crippen molar-refractivity contribution in [2.45, 2.75) is 32.2 Å². The number of likely N-dealkylation sites (tertiary alicyclic amines) is 1. The van der Waals surface area contributed by atoms with Crippen molar-refractivity contribution < 1.29 is 22.5 Å². The summed E-state index contributed by atoms with van der Waals surface area (Å²) in [6, 6.07) is 20.4. The molecule has 186 valence electrons. The van der Waals surface area contributed by atoms with Crippen LogP contribution in [0.3, 0.4) is 0 Å². The fourth-order valence-electron chi connectivity index (χ4n) is 4.08. The van der Waals surface area contributed by atoms with Crippen molar-refractivity contribution in [3.05, 3.63) is 89.1 Å². The normalized spacial score (nSPS) is 16.1. The number of carbonyl (C=O) groups is 1. The predicted octanol–water partition coefficient (Wildman–Crippen LogP) is 4.16. The van der Waals surface area contributed by atoms with Gasteiger partial charge in [0.1, 0.15) is 5.75 Å². The number of aromatic nitrogens is 1. The van der Waals surface area contributed by atoms with Crippen LogP contribution in [-0.4, -0.2) is 48.1 Å². The summed E-state index contributed by atoms with van der Waals surface area (Å²) in [5.74, 6) is 1.32. The summed E-state index contributed by atoms with van der Waals surface area (Å²) in [6.45, 7) is 5.21. The van der Waals surface area contributed by atoms with Crippen LogP contribution < -0.4 is 10.5 Å². The van der Waals surface area contributed by atoms with Gasteiger partial charge in [-0.15, -0.1) is 0 Å². The summed E-state index contributed by atoms with van der Waals surface area (Å²) in [5.41, 5.74) is 9.40. The topological polar surface area (TPSA) is 123 Å². The minimum Gasteiger partial charge on any atom is -0.439 e. The second-order valence-electron chi connectivity index (χ2n) is 8.67.